The van der Waals surface area contributed by atoms with E-state index in [0.717, 1.165) is 25.1 Å². The molecule has 0 aliphatic heterocycles. The average molecular weight is 380 g/mol. The maximum Gasteiger partial charge on any atom is 0.234 e. The largest absolute Gasteiger partial charge is 0.325 e. The van der Waals surface area contributed by atoms with Crippen LogP contribution in [0.25, 0.3) is 0 Å². The summed E-state index contributed by atoms with van der Waals surface area (Å²) in [4.78, 5) is 13.2. The number of nitrogens with one attached hydrogen (secondary N) is 1. The number of nitrogens with zero attached hydrogens (tertiary/aromatic N) is 3. The molecule has 0 saturated heterocycles. The lowest BCUT2D eigenvalue weighted by atomic mass is 10.3. The molecule has 2 aromatic heterocycles. The second-order valence-electron chi connectivity index (χ2n) is 5.10. The average Bonchev–Trinajstić information content (AvgIpc) is 3.25. The Balaban J connectivity index is 1.52. The van der Waals surface area contributed by atoms with Crippen molar-refractivity contribution < 1.29 is 13.6 Å². The van der Waals surface area contributed by atoms with Gasteiger partial charge in [-0.1, -0.05) is 17.8 Å². The first-order valence-corrected chi connectivity index (χ1v) is 9.26. The maximum atomic E-state index is 13.1. The molecule has 25 heavy (non-hydrogen) atoms. The van der Waals surface area contributed by atoms with Crippen LogP contribution in [-0.2, 0) is 17.8 Å². The Labute approximate surface area is 151 Å². The topological polar surface area (TPSA) is 59.8 Å². The lowest BCUT2D eigenvalue weighted by Crippen LogP contribution is -2.15. The number of carbonyl (C=O) groups is 1. The van der Waals surface area contributed by atoms with Gasteiger partial charge in [0.15, 0.2) is 16.8 Å². The molecule has 0 bridgehead atoms. The summed E-state index contributed by atoms with van der Waals surface area (Å²) < 4.78 is 27.9. The number of halogens is 2. The first-order valence-electron chi connectivity index (χ1n) is 7.40. The van der Waals surface area contributed by atoms with Crippen molar-refractivity contribution in [3.63, 3.8) is 0 Å². The van der Waals surface area contributed by atoms with Crippen LogP contribution >= 0.6 is 23.1 Å². The van der Waals surface area contributed by atoms with E-state index < -0.39 is 11.6 Å². The third-order valence-electron chi connectivity index (χ3n) is 3.29. The first kappa shape index (κ1) is 17.6. The van der Waals surface area contributed by atoms with E-state index in [-0.39, 0.29) is 17.3 Å². The van der Waals surface area contributed by atoms with Crippen molar-refractivity contribution in [3.05, 3.63) is 58.6 Å². The monoisotopic (exact) mass is 380 g/mol. The Morgan fingerprint density at radius 2 is 2.16 bits per heavy atom. The molecule has 0 aliphatic rings. The molecule has 1 amide bonds. The Bertz CT molecular complexity index is 852. The minimum atomic E-state index is -1.00. The van der Waals surface area contributed by atoms with Gasteiger partial charge in [0.1, 0.15) is 6.33 Å². The van der Waals surface area contributed by atoms with Crippen molar-refractivity contribution in [2.24, 2.45) is 0 Å². The van der Waals surface area contributed by atoms with Crippen LogP contribution in [0.5, 0.6) is 0 Å². The van der Waals surface area contributed by atoms with Crippen LogP contribution in [0.15, 0.2) is 47.2 Å². The quantitative estimate of drug-likeness (QED) is 0.637. The molecule has 1 N–H and O–H groups in total. The number of thiophene rings is 1. The number of hydrogen-bond acceptors (Lipinski definition) is 5. The zero-order valence-electron chi connectivity index (χ0n) is 13.0. The zero-order chi connectivity index (χ0) is 17.6. The minimum Gasteiger partial charge on any atom is -0.325 e. The van der Waals surface area contributed by atoms with Crippen molar-refractivity contribution in [3.8, 4) is 0 Å². The molecule has 3 aromatic rings. The summed E-state index contributed by atoms with van der Waals surface area (Å²) >= 11 is 2.93. The molecule has 2 heterocycles. The predicted molar refractivity (Wildman–Crippen MR) is 93.8 cm³/mol. The smallest absolute Gasteiger partial charge is 0.234 e. The standard InChI is InChI=1S/C16H14F2N4OS2/c17-13-4-3-11(8-14(13)18)20-15(23)9-25-16-21-19-10-22(16)6-5-12-2-1-7-24-12/h1-4,7-8,10H,5-6,9H2,(H,20,23). The number of thioether (sulfide) groups is 1. The van der Waals surface area contributed by atoms with Gasteiger partial charge in [-0.2, -0.15) is 0 Å². The molecule has 0 radical (unpaired) electrons. The van der Waals surface area contributed by atoms with Gasteiger partial charge >= 0.3 is 0 Å². The molecule has 9 heteroatoms. The Morgan fingerprint density at radius 3 is 2.92 bits per heavy atom. The molecule has 0 saturated carbocycles. The Morgan fingerprint density at radius 1 is 1.28 bits per heavy atom. The number of carbonyl (C=O) groups excluding carboxylic acids is 1. The van der Waals surface area contributed by atoms with Crippen molar-refractivity contribution in [1.82, 2.24) is 14.8 Å². The SMILES string of the molecule is O=C(CSc1nncn1CCc1cccs1)Nc1ccc(F)c(F)c1. The van der Waals surface area contributed by atoms with E-state index in [0.29, 0.717) is 5.16 Å². The van der Waals surface area contributed by atoms with E-state index in [1.165, 1.54) is 22.7 Å². The fraction of sp³-hybridized carbons (Fsp3) is 0.188. The van der Waals surface area contributed by atoms with E-state index >= 15 is 0 Å². The number of hydrogen-bond donors (Lipinski definition) is 1. The second kappa shape index (κ2) is 8.21. The molecular formula is C16H14F2N4OS2. The summed E-state index contributed by atoms with van der Waals surface area (Å²) in [5.41, 5.74) is 0.212. The summed E-state index contributed by atoms with van der Waals surface area (Å²) in [6, 6.07) is 7.30. The fourth-order valence-corrected chi connectivity index (χ4v) is 3.54. The molecular weight excluding hydrogens is 366 g/mol. The number of benzene rings is 1. The van der Waals surface area contributed by atoms with Crippen LogP contribution in [0.1, 0.15) is 4.88 Å². The number of aromatic nitrogens is 3. The molecule has 1 aromatic carbocycles. The predicted octanol–water partition coefficient (Wildman–Crippen LogP) is 3.59. The minimum absolute atomic E-state index is 0.0939. The van der Waals surface area contributed by atoms with E-state index in [1.807, 2.05) is 16.0 Å². The Kier molecular flexibility index (Phi) is 5.77. The molecule has 0 aliphatic carbocycles. The lowest BCUT2D eigenvalue weighted by Gasteiger charge is -2.07. The third-order valence-corrected chi connectivity index (χ3v) is 5.21. The van der Waals surface area contributed by atoms with Crippen LogP contribution in [0.3, 0.4) is 0 Å². The van der Waals surface area contributed by atoms with Crippen LogP contribution in [0.2, 0.25) is 0 Å². The third kappa shape index (κ3) is 4.86. The van der Waals surface area contributed by atoms with Crippen LogP contribution in [-0.4, -0.2) is 26.4 Å². The van der Waals surface area contributed by atoms with Gasteiger partial charge in [0.2, 0.25) is 5.91 Å². The van der Waals surface area contributed by atoms with Crippen LogP contribution in [0.4, 0.5) is 14.5 Å². The van der Waals surface area contributed by atoms with Crippen molar-refractivity contribution in [2.45, 2.75) is 18.1 Å². The molecule has 0 spiro atoms. The summed E-state index contributed by atoms with van der Waals surface area (Å²) in [5.74, 6) is -2.19. The van der Waals surface area contributed by atoms with Crippen molar-refractivity contribution in [2.75, 3.05) is 11.1 Å². The molecule has 130 valence electrons. The lowest BCUT2D eigenvalue weighted by molar-refractivity contribution is -0.113. The van der Waals surface area contributed by atoms with Gasteiger partial charge in [0, 0.05) is 23.2 Å². The highest BCUT2D eigenvalue weighted by Gasteiger charge is 2.10. The second-order valence-corrected chi connectivity index (χ2v) is 7.08. The van der Waals surface area contributed by atoms with Gasteiger partial charge in [-0.05, 0) is 30.0 Å². The van der Waals surface area contributed by atoms with Gasteiger partial charge in [-0.25, -0.2) is 8.78 Å². The Hall–Kier alpha value is -2.26. The number of aryl methyl sites for hydroxylation is 2. The molecule has 5 nitrogen and oxygen atoms in total. The van der Waals surface area contributed by atoms with Gasteiger partial charge in [-0.3, -0.25) is 4.79 Å². The van der Waals surface area contributed by atoms with Gasteiger partial charge in [0.25, 0.3) is 0 Å². The van der Waals surface area contributed by atoms with E-state index in [9.17, 15) is 13.6 Å². The number of amides is 1. The fourth-order valence-electron chi connectivity index (χ4n) is 2.10. The van der Waals surface area contributed by atoms with E-state index in [1.54, 1.807) is 17.7 Å². The summed E-state index contributed by atoms with van der Waals surface area (Å²) in [6.07, 6.45) is 2.49. The van der Waals surface area contributed by atoms with E-state index in [4.69, 9.17) is 0 Å². The number of rotatable bonds is 7. The van der Waals surface area contributed by atoms with Crippen molar-refractivity contribution in [1.29, 1.82) is 0 Å². The molecule has 0 atom stereocenters. The van der Waals surface area contributed by atoms with Gasteiger partial charge in [-0.15, -0.1) is 21.5 Å². The van der Waals surface area contributed by atoms with Gasteiger partial charge < -0.3 is 9.88 Å². The highest BCUT2D eigenvalue weighted by Crippen LogP contribution is 2.18. The first-order chi connectivity index (χ1) is 12.1. The van der Waals surface area contributed by atoms with Crippen molar-refractivity contribution >= 4 is 34.7 Å². The van der Waals surface area contributed by atoms with Crippen LogP contribution in [0, 0.1) is 11.6 Å². The molecule has 0 unspecified atom stereocenters. The van der Waals surface area contributed by atoms with E-state index in [2.05, 4.69) is 21.6 Å². The summed E-state index contributed by atoms with van der Waals surface area (Å²) in [6.45, 7) is 0.723. The normalized spacial score (nSPS) is 10.8. The summed E-state index contributed by atoms with van der Waals surface area (Å²) in [7, 11) is 0. The highest BCUT2D eigenvalue weighted by atomic mass is 32.2. The maximum absolute atomic E-state index is 13.1. The highest BCUT2D eigenvalue weighted by molar-refractivity contribution is 7.99. The molecule has 3 rings (SSSR count). The molecule has 0 fully saturated rings. The summed E-state index contributed by atoms with van der Waals surface area (Å²) in [5, 5.41) is 13.1. The van der Waals surface area contributed by atoms with Gasteiger partial charge in [0.05, 0.1) is 5.75 Å². The number of anilines is 1. The van der Waals surface area contributed by atoms with Crippen LogP contribution < -0.4 is 5.32 Å². The zero-order valence-corrected chi connectivity index (χ0v) is 14.6.